The molecule has 11 heavy (non-hydrogen) atoms. The number of hydrogen-bond donors (Lipinski definition) is 1. The molecule has 0 saturated carbocycles. The number of likely N-dealkylation sites (N-methyl/N-ethyl adjacent to an activating group) is 1. The van der Waals surface area contributed by atoms with Gasteiger partial charge in [0.1, 0.15) is 0 Å². The van der Waals surface area contributed by atoms with Gasteiger partial charge < -0.3 is 10.2 Å². The SMILES string of the molecule is CCC.CN1CCCNCC1. The minimum absolute atomic E-state index is 1.16. The Morgan fingerprint density at radius 3 is 2.45 bits per heavy atom. The number of rotatable bonds is 0. The first kappa shape index (κ1) is 10.9. The summed E-state index contributed by atoms with van der Waals surface area (Å²) in [5, 5.41) is 3.34. The molecule has 0 aliphatic carbocycles. The van der Waals surface area contributed by atoms with Gasteiger partial charge in [-0.2, -0.15) is 0 Å². The molecule has 0 bridgehead atoms. The predicted molar refractivity (Wildman–Crippen MR) is 50.9 cm³/mol. The molecule has 0 aromatic carbocycles. The molecule has 1 saturated heterocycles. The summed E-state index contributed by atoms with van der Waals surface area (Å²) in [6.07, 6.45) is 2.55. The van der Waals surface area contributed by atoms with Crippen molar-refractivity contribution in [1.82, 2.24) is 10.2 Å². The van der Waals surface area contributed by atoms with Gasteiger partial charge in [0.15, 0.2) is 0 Å². The molecule has 1 heterocycles. The first-order chi connectivity index (χ1) is 5.31. The average molecular weight is 158 g/mol. The van der Waals surface area contributed by atoms with Crippen molar-refractivity contribution in [2.75, 3.05) is 33.2 Å². The summed E-state index contributed by atoms with van der Waals surface area (Å²) in [4.78, 5) is 2.36. The minimum atomic E-state index is 1.16. The molecule has 0 atom stereocenters. The molecular weight excluding hydrogens is 136 g/mol. The third kappa shape index (κ3) is 7.82. The van der Waals surface area contributed by atoms with E-state index in [9.17, 15) is 0 Å². The van der Waals surface area contributed by atoms with E-state index >= 15 is 0 Å². The van der Waals surface area contributed by atoms with E-state index in [2.05, 4.69) is 31.1 Å². The molecule has 1 aliphatic rings. The fourth-order valence-corrected chi connectivity index (χ4v) is 0.981. The summed E-state index contributed by atoms with van der Waals surface area (Å²) in [5.41, 5.74) is 0. The molecule has 0 aromatic heterocycles. The van der Waals surface area contributed by atoms with Gasteiger partial charge >= 0.3 is 0 Å². The normalized spacial score (nSPS) is 19.9. The Kier molecular flexibility index (Phi) is 7.96. The molecule has 1 N–H and O–H groups in total. The predicted octanol–water partition coefficient (Wildman–Crippen LogP) is 1.33. The van der Waals surface area contributed by atoms with Crippen molar-refractivity contribution < 1.29 is 0 Å². The highest BCUT2D eigenvalue weighted by Crippen LogP contribution is 1.88. The summed E-state index contributed by atoms with van der Waals surface area (Å²) >= 11 is 0. The van der Waals surface area contributed by atoms with Crippen LogP contribution in [0.1, 0.15) is 26.7 Å². The van der Waals surface area contributed by atoms with E-state index in [1.165, 1.54) is 32.5 Å². The van der Waals surface area contributed by atoms with E-state index in [1.807, 2.05) is 0 Å². The summed E-state index contributed by atoms with van der Waals surface area (Å²) < 4.78 is 0. The topological polar surface area (TPSA) is 15.3 Å². The van der Waals surface area contributed by atoms with Crippen molar-refractivity contribution in [2.45, 2.75) is 26.7 Å². The smallest absolute Gasteiger partial charge is 0.0104 e. The zero-order valence-electron chi connectivity index (χ0n) is 8.19. The number of hydrogen-bond acceptors (Lipinski definition) is 2. The van der Waals surface area contributed by atoms with Gasteiger partial charge in [-0.15, -0.1) is 0 Å². The maximum Gasteiger partial charge on any atom is 0.0104 e. The van der Waals surface area contributed by atoms with Crippen LogP contribution in [-0.2, 0) is 0 Å². The lowest BCUT2D eigenvalue weighted by Gasteiger charge is -2.09. The molecule has 68 valence electrons. The van der Waals surface area contributed by atoms with Gasteiger partial charge in [0.05, 0.1) is 0 Å². The number of nitrogens with one attached hydrogen (secondary N) is 1. The van der Waals surface area contributed by atoms with Crippen LogP contribution in [0.15, 0.2) is 0 Å². The van der Waals surface area contributed by atoms with Crippen LogP contribution in [-0.4, -0.2) is 38.1 Å². The first-order valence-electron chi connectivity index (χ1n) is 4.70. The van der Waals surface area contributed by atoms with Crippen LogP contribution in [0.4, 0.5) is 0 Å². The van der Waals surface area contributed by atoms with E-state index in [-0.39, 0.29) is 0 Å². The maximum absolute atomic E-state index is 3.34. The molecule has 0 aromatic rings. The summed E-state index contributed by atoms with van der Waals surface area (Å²) in [6, 6.07) is 0. The lowest BCUT2D eigenvalue weighted by atomic mass is 10.4. The van der Waals surface area contributed by atoms with Crippen molar-refractivity contribution in [3.63, 3.8) is 0 Å². The zero-order valence-corrected chi connectivity index (χ0v) is 8.19. The van der Waals surface area contributed by atoms with Crippen LogP contribution in [0, 0.1) is 0 Å². The molecule has 2 nitrogen and oxygen atoms in total. The molecule has 2 heteroatoms. The van der Waals surface area contributed by atoms with Crippen LogP contribution >= 0.6 is 0 Å². The molecule has 0 unspecified atom stereocenters. The van der Waals surface area contributed by atoms with E-state index in [0.717, 1.165) is 6.54 Å². The zero-order chi connectivity index (χ0) is 8.53. The van der Waals surface area contributed by atoms with Crippen molar-refractivity contribution in [3.05, 3.63) is 0 Å². The Morgan fingerprint density at radius 2 is 1.82 bits per heavy atom. The third-order valence-electron chi connectivity index (χ3n) is 1.56. The second kappa shape index (κ2) is 8.02. The highest BCUT2D eigenvalue weighted by atomic mass is 15.1. The van der Waals surface area contributed by atoms with Crippen molar-refractivity contribution in [3.8, 4) is 0 Å². The van der Waals surface area contributed by atoms with Crippen LogP contribution in [0.5, 0.6) is 0 Å². The lowest BCUT2D eigenvalue weighted by molar-refractivity contribution is 0.358. The molecular formula is C9H22N2. The van der Waals surface area contributed by atoms with Crippen LogP contribution < -0.4 is 5.32 Å². The Hall–Kier alpha value is -0.0800. The first-order valence-corrected chi connectivity index (χ1v) is 4.70. The Balaban J connectivity index is 0.000000292. The van der Waals surface area contributed by atoms with Gasteiger partial charge in [-0.05, 0) is 26.6 Å². The van der Waals surface area contributed by atoms with Crippen LogP contribution in [0.2, 0.25) is 0 Å². The van der Waals surface area contributed by atoms with Crippen molar-refractivity contribution in [2.24, 2.45) is 0 Å². The van der Waals surface area contributed by atoms with Crippen molar-refractivity contribution >= 4 is 0 Å². The third-order valence-corrected chi connectivity index (χ3v) is 1.56. The summed E-state index contributed by atoms with van der Waals surface area (Å²) in [7, 11) is 2.17. The van der Waals surface area contributed by atoms with E-state index in [4.69, 9.17) is 0 Å². The second-order valence-corrected chi connectivity index (χ2v) is 3.11. The highest BCUT2D eigenvalue weighted by molar-refractivity contribution is 4.60. The average Bonchev–Trinajstić information content (AvgIpc) is 2.18. The monoisotopic (exact) mass is 158 g/mol. The van der Waals surface area contributed by atoms with Gasteiger partial charge in [0.2, 0.25) is 0 Å². The van der Waals surface area contributed by atoms with Gasteiger partial charge in [-0.3, -0.25) is 0 Å². The molecule has 0 spiro atoms. The molecule has 1 rings (SSSR count). The second-order valence-electron chi connectivity index (χ2n) is 3.11. The maximum atomic E-state index is 3.34. The quantitative estimate of drug-likeness (QED) is 0.572. The molecule has 1 aliphatic heterocycles. The van der Waals surface area contributed by atoms with Gasteiger partial charge in [0, 0.05) is 13.1 Å². The lowest BCUT2D eigenvalue weighted by Crippen LogP contribution is -2.23. The highest BCUT2D eigenvalue weighted by Gasteiger charge is 2.00. The largest absolute Gasteiger partial charge is 0.315 e. The fraction of sp³-hybridized carbons (Fsp3) is 1.00. The van der Waals surface area contributed by atoms with Crippen molar-refractivity contribution in [1.29, 1.82) is 0 Å². The van der Waals surface area contributed by atoms with E-state index in [0.29, 0.717) is 0 Å². The van der Waals surface area contributed by atoms with E-state index in [1.54, 1.807) is 0 Å². The fourth-order valence-electron chi connectivity index (χ4n) is 0.981. The van der Waals surface area contributed by atoms with Gasteiger partial charge in [-0.1, -0.05) is 20.3 Å². The Morgan fingerprint density at radius 1 is 1.18 bits per heavy atom. The Labute approximate surface area is 71.0 Å². The standard InChI is InChI=1S/C6H14N2.C3H8/c1-8-5-2-3-7-4-6-8;1-3-2/h7H,2-6H2,1H3;3H2,1-2H3. The van der Waals surface area contributed by atoms with Crippen LogP contribution in [0.25, 0.3) is 0 Å². The number of nitrogens with zero attached hydrogens (tertiary/aromatic N) is 1. The molecule has 1 fully saturated rings. The van der Waals surface area contributed by atoms with Crippen LogP contribution in [0.3, 0.4) is 0 Å². The van der Waals surface area contributed by atoms with Gasteiger partial charge in [0.25, 0.3) is 0 Å². The van der Waals surface area contributed by atoms with Gasteiger partial charge in [-0.25, -0.2) is 0 Å². The molecule has 0 amide bonds. The molecule has 0 radical (unpaired) electrons. The Bertz CT molecular complexity index is 66.0. The summed E-state index contributed by atoms with van der Waals surface area (Å²) in [6.45, 7) is 9.08. The minimum Gasteiger partial charge on any atom is -0.315 e. The van der Waals surface area contributed by atoms with E-state index < -0.39 is 0 Å². The summed E-state index contributed by atoms with van der Waals surface area (Å²) in [5.74, 6) is 0.